The molecule has 158 valence electrons. The van der Waals surface area contributed by atoms with Crippen molar-refractivity contribution in [2.45, 2.75) is 26.1 Å². The van der Waals surface area contributed by atoms with Crippen LogP contribution >= 0.6 is 23.2 Å². The van der Waals surface area contributed by atoms with Crippen molar-refractivity contribution in [2.24, 2.45) is 0 Å². The molecular formula is C18H14Cl2N2O8. The fourth-order valence-electron chi connectivity index (χ4n) is 2.32. The topological polar surface area (TPSA) is 139 Å². The van der Waals surface area contributed by atoms with E-state index in [2.05, 4.69) is 0 Å². The van der Waals surface area contributed by atoms with Gasteiger partial charge in [0, 0.05) is 22.2 Å². The first-order chi connectivity index (χ1) is 14.2. The van der Waals surface area contributed by atoms with Crippen molar-refractivity contribution in [3.05, 3.63) is 77.8 Å². The Morgan fingerprint density at radius 3 is 1.47 bits per heavy atom. The summed E-state index contributed by atoms with van der Waals surface area (Å²) in [7, 11) is 0. The summed E-state index contributed by atoms with van der Waals surface area (Å²) in [4.78, 5) is 44.3. The average molecular weight is 457 g/mol. The number of rotatable bonds is 9. The molecular weight excluding hydrogens is 443 g/mol. The van der Waals surface area contributed by atoms with Crippen molar-refractivity contribution in [1.29, 1.82) is 0 Å². The molecule has 0 atom stereocenters. The number of nitro benzene ring substituents is 2. The number of esters is 2. The van der Waals surface area contributed by atoms with Gasteiger partial charge in [0.2, 0.25) is 0 Å². The molecule has 0 aromatic heterocycles. The van der Waals surface area contributed by atoms with Gasteiger partial charge in [-0.2, -0.15) is 0 Å². The van der Waals surface area contributed by atoms with Crippen LogP contribution in [0.5, 0.6) is 0 Å². The van der Waals surface area contributed by atoms with Crippen molar-refractivity contribution in [2.75, 3.05) is 0 Å². The number of carbonyl (C=O) groups excluding carboxylic acids is 2. The van der Waals surface area contributed by atoms with E-state index in [-0.39, 0.29) is 58.6 Å². The predicted octanol–water partition coefficient (Wildman–Crippen LogP) is 4.38. The van der Waals surface area contributed by atoms with Crippen LogP contribution in [-0.2, 0) is 32.3 Å². The molecule has 0 fully saturated rings. The smallest absolute Gasteiger partial charge is 0.306 e. The Balaban J connectivity index is 1.83. The van der Waals surface area contributed by atoms with Crippen molar-refractivity contribution in [3.8, 4) is 0 Å². The SMILES string of the molecule is O=C(CCC(=O)OCc1ccc(Cl)cc1[N+](=O)[O-])OCc1ccc(Cl)cc1[N+](=O)[O-]. The molecule has 0 amide bonds. The number of nitro groups is 2. The van der Waals surface area contributed by atoms with Crippen LogP contribution in [0.1, 0.15) is 24.0 Å². The highest BCUT2D eigenvalue weighted by molar-refractivity contribution is 6.31. The molecule has 10 nitrogen and oxygen atoms in total. The van der Waals surface area contributed by atoms with Gasteiger partial charge in [-0.1, -0.05) is 23.2 Å². The largest absolute Gasteiger partial charge is 0.461 e. The van der Waals surface area contributed by atoms with Crippen molar-refractivity contribution >= 4 is 46.5 Å². The van der Waals surface area contributed by atoms with Gasteiger partial charge in [-0.15, -0.1) is 0 Å². The summed E-state index contributed by atoms with van der Waals surface area (Å²) in [6.07, 6.45) is -0.661. The number of hydrogen-bond donors (Lipinski definition) is 0. The lowest BCUT2D eigenvalue weighted by atomic mass is 10.2. The third-order valence-corrected chi connectivity index (χ3v) is 4.27. The number of benzene rings is 2. The van der Waals surface area contributed by atoms with Crippen LogP contribution in [0.25, 0.3) is 0 Å². The van der Waals surface area contributed by atoms with Gasteiger partial charge in [-0.25, -0.2) is 0 Å². The van der Waals surface area contributed by atoms with Crippen LogP contribution in [0.3, 0.4) is 0 Å². The van der Waals surface area contributed by atoms with Gasteiger partial charge < -0.3 is 9.47 Å². The summed E-state index contributed by atoms with van der Waals surface area (Å²) in [5, 5.41) is 22.3. The molecule has 0 aliphatic heterocycles. The third-order valence-electron chi connectivity index (χ3n) is 3.80. The van der Waals surface area contributed by atoms with Crippen molar-refractivity contribution < 1.29 is 28.9 Å². The Bertz CT molecular complexity index is 917. The first-order valence-electron chi connectivity index (χ1n) is 8.34. The fraction of sp³-hybridized carbons (Fsp3) is 0.222. The zero-order valence-electron chi connectivity index (χ0n) is 15.2. The van der Waals surface area contributed by atoms with Gasteiger partial charge in [-0.3, -0.25) is 29.8 Å². The maximum atomic E-state index is 11.8. The van der Waals surface area contributed by atoms with E-state index < -0.39 is 21.8 Å². The van der Waals surface area contributed by atoms with Crippen LogP contribution in [0, 0.1) is 20.2 Å². The number of hydrogen-bond acceptors (Lipinski definition) is 8. The highest BCUT2D eigenvalue weighted by Crippen LogP contribution is 2.25. The molecule has 0 heterocycles. The molecule has 0 unspecified atom stereocenters. The second-order valence-corrected chi connectivity index (χ2v) is 6.75. The second kappa shape index (κ2) is 10.5. The van der Waals surface area contributed by atoms with Gasteiger partial charge in [-0.05, 0) is 24.3 Å². The molecule has 0 aliphatic carbocycles. The van der Waals surface area contributed by atoms with Gasteiger partial charge >= 0.3 is 11.9 Å². The molecule has 2 rings (SSSR count). The summed E-state index contributed by atoms with van der Waals surface area (Å²) in [6, 6.07) is 7.84. The first-order valence-corrected chi connectivity index (χ1v) is 9.10. The number of carbonyl (C=O) groups is 2. The highest BCUT2D eigenvalue weighted by Gasteiger charge is 2.18. The summed E-state index contributed by atoms with van der Waals surface area (Å²) in [5.74, 6) is -1.54. The minimum atomic E-state index is -0.770. The quantitative estimate of drug-likeness (QED) is 0.307. The van der Waals surface area contributed by atoms with Gasteiger partial charge in [0.25, 0.3) is 11.4 Å². The van der Waals surface area contributed by atoms with E-state index in [1.165, 1.54) is 24.3 Å². The third kappa shape index (κ3) is 6.68. The number of ether oxygens (including phenoxy) is 2. The summed E-state index contributed by atoms with van der Waals surface area (Å²) >= 11 is 11.4. The van der Waals surface area contributed by atoms with Crippen molar-refractivity contribution in [3.63, 3.8) is 0 Å². The monoisotopic (exact) mass is 456 g/mol. The Hall–Kier alpha value is -3.24. The molecule has 12 heteroatoms. The zero-order chi connectivity index (χ0) is 22.3. The fourth-order valence-corrected chi connectivity index (χ4v) is 2.66. The Morgan fingerprint density at radius 2 is 1.13 bits per heavy atom. The number of halogens is 2. The Labute approximate surface area is 179 Å². The summed E-state index contributed by atoms with van der Waals surface area (Å²) in [5.41, 5.74) is -0.288. The summed E-state index contributed by atoms with van der Waals surface area (Å²) < 4.78 is 9.87. The summed E-state index contributed by atoms with van der Waals surface area (Å²) in [6.45, 7) is -0.726. The molecule has 0 saturated heterocycles. The van der Waals surface area contributed by atoms with E-state index >= 15 is 0 Å². The molecule has 2 aromatic rings. The Kier molecular flexibility index (Phi) is 8.07. The predicted molar refractivity (Wildman–Crippen MR) is 105 cm³/mol. The highest BCUT2D eigenvalue weighted by atomic mass is 35.5. The molecule has 0 bridgehead atoms. The lowest BCUT2D eigenvalue weighted by Crippen LogP contribution is -2.11. The van der Waals surface area contributed by atoms with Gasteiger partial charge in [0.15, 0.2) is 0 Å². The van der Waals surface area contributed by atoms with Crippen molar-refractivity contribution in [1.82, 2.24) is 0 Å². The van der Waals surface area contributed by atoms with Crippen LogP contribution in [0.4, 0.5) is 11.4 Å². The van der Waals surface area contributed by atoms with Crippen LogP contribution < -0.4 is 0 Å². The van der Waals surface area contributed by atoms with E-state index in [1.807, 2.05) is 0 Å². The molecule has 0 N–H and O–H groups in total. The minimum absolute atomic E-state index is 0.148. The molecule has 0 saturated carbocycles. The lowest BCUT2D eigenvalue weighted by molar-refractivity contribution is -0.386. The number of nitrogens with zero attached hydrogens (tertiary/aromatic N) is 2. The Morgan fingerprint density at radius 1 is 0.767 bits per heavy atom. The van der Waals surface area contributed by atoms with Crippen LogP contribution in [0.15, 0.2) is 36.4 Å². The van der Waals surface area contributed by atoms with Crippen LogP contribution in [0.2, 0.25) is 10.0 Å². The average Bonchev–Trinajstić information content (AvgIpc) is 2.70. The maximum absolute atomic E-state index is 11.8. The van der Waals surface area contributed by atoms with E-state index in [4.69, 9.17) is 32.7 Å². The normalized spacial score (nSPS) is 10.3. The molecule has 30 heavy (non-hydrogen) atoms. The maximum Gasteiger partial charge on any atom is 0.306 e. The first kappa shape index (κ1) is 23.0. The van der Waals surface area contributed by atoms with Gasteiger partial charge in [0.05, 0.1) is 33.8 Å². The van der Waals surface area contributed by atoms with Gasteiger partial charge in [0.1, 0.15) is 13.2 Å². The molecule has 0 radical (unpaired) electrons. The molecule has 0 aliphatic rings. The van der Waals surface area contributed by atoms with E-state index in [0.29, 0.717) is 0 Å². The van der Waals surface area contributed by atoms with E-state index in [1.54, 1.807) is 0 Å². The second-order valence-electron chi connectivity index (χ2n) is 5.88. The van der Waals surface area contributed by atoms with E-state index in [9.17, 15) is 29.8 Å². The van der Waals surface area contributed by atoms with E-state index in [0.717, 1.165) is 12.1 Å². The minimum Gasteiger partial charge on any atom is -0.461 e. The molecule has 2 aromatic carbocycles. The lowest BCUT2D eigenvalue weighted by Gasteiger charge is -2.07. The molecule has 0 spiro atoms. The standard InChI is InChI=1S/C18H14Cl2N2O8/c19-13-3-1-11(15(7-13)21(25)26)9-29-17(23)5-6-18(24)30-10-12-2-4-14(20)8-16(12)22(27)28/h1-4,7-8H,5-6,9-10H2. The zero-order valence-corrected chi connectivity index (χ0v) is 16.7. The van der Waals surface area contributed by atoms with Crippen LogP contribution in [-0.4, -0.2) is 21.8 Å².